The molecule has 0 saturated carbocycles. The average molecular weight is 162 g/mol. The second-order valence-corrected chi connectivity index (χ2v) is 4.01. The first kappa shape index (κ1) is 10.1. The van der Waals surface area contributed by atoms with Gasteiger partial charge in [-0.05, 0) is 33.1 Å². The lowest BCUT2D eigenvalue weighted by molar-refractivity contribution is 0.381. The molecule has 0 aliphatic heterocycles. The van der Waals surface area contributed by atoms with Crippen molar-refractivity contribution in [1.29, 1.82) is 0 Å². The molecular weight excluding hydrogens is 146 g/mol. The van der Waals surface area contributed by atoms with Crippen LogP contribution in [0, 0.1) is 0 Å². The van der Waals surface area contributed by atoms with Gasteiger partial charge in [0.15, 0.2) is 0 Å². The van der Waals surface area contributed by atoms with Gasteiger partial charge in [-0.25, -0.2) is 0 Å². The van der Waals surface area contributed by atoms with Crippen molar-refractivity contribution in [1.82, 2.24) is 4.90 Å². The van der Waals surface area contributed by atoms with Crippen LogP contribution in [0.2, 0.25) is 6.04 Å². The Bertz CT molecular complexity index is 68.1. The fourth-order valence-electron chi connectivity index (χ4n) is 0.711. The summed E-state index contributed by atoms with van der Waals surface area (Å²) in [5, 5.41) is 0. The lowest BCUT2D eigenvalue weighted by Gasteiger charge is -2.07. The Morgan fingerprint density at radius 1 is 1.20 bits per heavy atom. The van der Waals surface area contributed by atoms with Crippen LogP contribution < -0.4 is 0 Å². The third-order valence-electron chi connectivity index (χ3n) is 1.26. The lowest BCUT2D eigenvalue weighted by atomic mass is 10.3. The number of hydrogen-bond donors (Lipinski definition) is 2. The highest BCUT2D eigenvalue weighted by atomic mass is 28.3. The highest BCUT2D eigenvalue weighted by molar-refractivity contribution is 6.40. The van der Waals surface area contributed by atoms with E-state index in [1.54, 1.807) is 0 Å². The van der Waals surface area contributed by atoms with Crippen LogP contribution in [0.1, 0.15) is 12.8 Å². The van der Waals surface area contributed by atoms with Gasteiger partial charge in [0.05, 0.1) is 0 Å². The lowest BCUT2D eigenvalue weighted by Crippen LogP contribution is -2.15. The van der Waals surface area contributed by atoms with Gasteiger partial charge >= 0.3 is 9.28 Å². The predicted molar refractivity (Wildman–Crippen MR) is 42.8 cm³/mol. The van der Waals surface area contributed by atoms with Crippen LogP contribution in [0.25, 0.3) is 0 Å². The maximum absolute atomic E-state index is 8.56. The van der Waals surface area contributed by atoms with Crippen molar-refractivity contribution < 1.29 is 9.59 Å². The topological polar surface area (TPSA) is 43.7 Å². The molecule has 0 rings (SSSR count). The summed E-state index contributed by atoms with van der Waals surface area (Å²) in [5.41, 5.74) is 0. The van der Waals surface area contributed by atoms with Crippen LogP contribution in [-0.2, 0) is 0 Å². The fraction of sp³-hybridized carbons (Fsp3) is 1.00. The summed E-state index contributed by atoms with van der Waals surface area (Å²) in [6.45, 7) is 1.04. The molecule has 0 fully saturated rings. The Balaban J connectivity index is 2.91. The quantitative estimate of drug-likeness (QED) is 0.435. The van der Waals surface area contributed by atoms with Gasteiger partial charge in [-0.15, -0.1) is 0 Å². The van der Waals surface area contributed by atoms with E-state index in [1.807, 2.05) is 14.1 Å². The van der Waals surface area contributed by atoms with Gasteiger partial charge in [-0.2, -0.15) is 0 Å². The van der Waals surface area contributed by atoms with Crippen LogP contribution in [0.4, 0.5) is 0 Å². The van der Waals surface area contributed by atoms with Crippen LogP contribution in [0.5, 0.6) is 0 Å². The van der Waals surface area contributed by atoms with E-state index in [0.717, 1.165) is 19.4 Å². The van der Waals surface area contributed by atoms with Gasteiger partial charge in [0, 0.05) is 0 Å². The zero-order valence-electron chi connectivity index (χ0n) is 6.67. The second kappa shape index (κ2) is 5.85. The van der Waals surface area contributed by atoms with Crippen molar-refractivity contribution in [2.75, 3.05) is 20.6 Å². The average Bonchev–Trinajstić information content (AvgIpc) is 1.79. The van der Waals surface area contributed by atoms with Gasteiger partial charge in [0.2, 0.25) is 0 Å². The Morgan fingerprint density at radius 3 is 2.20 bits per heavy atom. The van der Waals surface area contributed by atoms with Crippen molar-refractivity contribution in [2.24, 2.45) is 0 Å². The molecule has 0 spiro atoms. The SMILES string of the molecule is CN(C)CCCC[Si](O)O. The maximum Gasteiger partial charge on any atom is 0.378 e. The number of nitrogens with zero attached hydrogens (tertiary/aromatic N) is 1. The summed E-state index contributed by atoms with van der Waals surface area (Å²) < 4.78 is 0. The standard InChI is InChI=1S/C6H16NO2Si/c1-7(2)5-3-4-6-10(8)9/h8-9H,3-6H2,1-2H3. The van der Waals surface area contributed by atoms with E-state index in [4.69, 9.17) is 9.59 Å². The minimum atomic E-state index is -1.95. The number of hydrogen-bond acceptors (Lipinski definition) is 3. The van der Waals surface area contributed by atoms with Crippen molar-refractivity contribution in [3.05, 3.63) is 0 Å². The molecule has 0 saturated heterocycles. The third kappa shape index (κ3) is 8.10. The third-order valence-corrected chi connectivity index (χ3v) is 2.06. The minimum absolute atomic E-state index is 0.596. The zero-order valence-corrected chi connectivity index (χ0v) is 7.67. The van der Waals surface area contributed by atoms with Crippen LogP contribution in [0.15, 0.2) is 0 Å². The molecule has 0 amide bonds. The molecule has 1 radical (unpaired) electrons. The second-order valence-electron chi connectivity index (χ2n) is 2.68. The van der Waals surface area contributed by atoms with E-state index >= 15 is 0 Å². The van der Waals surface area contributed by atoms with Crippen LogP contribution in [0.3, 0.4) is 0 Å². The smallest absolute Gasteiger partial charge is 0.378 e. The van der Waals surface area contributed by atoms with Crippen molar-refractivity contribution >= 4 is 9.28 Å². The largest absolute Gasteiger partial charge is 0.410 e. The monoisotopic (exact) mass is 162 g/mol. The van der Waals surface area contributed by atoms with E-state index in [2.05, 4.69) is 4.90 Å². The fourth-order valence-corrected chi connectivity index (χ4v) is 1.28. The van der Waals surface area contributed by atoms with Crippen molar-refractivity contribution in [3.8, 4) is 0 Å². The van der Waals surface area contributed by atoms with E-state index in [-0.39, 0.29) is 0 Å². The first-order chi connectivity index (χ1) is 4.63. The first-order valence-corrected chi connectivity index (χ1v) is 5.11. The summed E-state index contributed by atoms with van der Waals surface area (Å²) in [5.74, 6) is 0. The Morgan fingerprint density at radius 2 is 1.80 bits per heavy atom. The van der Waals surface area contributed by atoms with Gasteiger partial charge in [0.25, 0.3) is 0 Å². The molecule has 0 atom stereocenters. The molecule has 0 aliphatic rings. The Labute approximate surface area is 64.1 Å². The molecule has 4 heteroatoms. The first-order valence-electron chi connectivity index (χ1n) is 3.51. The molecule has 10 heavy (non-hydrogen) atoms. The van der Waals surface area contributed by atoms with Crippen LogP contribution >= 0.6 is 0 Å². The van der Waals surface area contributed by atoms with Crippen LogP contribution in [-0.4, -0.2) is 44.4 Å². The van der Waals surface area contributed by atoms with E-state index in [9.17, 15) is 0 Å². The maximum atomic E-state index is 8.56. The van der Waals surface area contributed by atoms with E-state index < -0.39 is 9.28 Å². The molecule has 0 aromatic carbocycles. The predicted octanol–water partition coefficient (Wildman–Crippen LogP) is -0.199. The summed E-state index contributed by atoms with van der Waals surface area (Å²) in [6, 6.07) is 0.596. The summed E-state index contributed by atoms with van der Waals surface area (Å²) in [6.07, 6.45) is 1.99. The molecule has 0 unspecified atom stereocenters. The highest BCUT2D eigenvalue weighted by Gasteiger charge is 2.02. The van der Waals surface area contributed by atoms with Gasteiger partial charge in [0.1, 0.15) is 0 Å². The number of rotatable bonds is 5. The molecular formula is C6H16NO2Si. The van der Waals surface area contributed by atoms with Gasteiger partial charge in [-0.1, -0.05) is 6.42 Å². The number of unbranched alkanes of at least 4 members (excludes halogenated alkanes) is 1. The summed E-state index contributed by atoms with van der Waals surface area (Å²) >= 11 is 0. The normalized spacial score (nSPS) is 11.4. The summed E-state index contributed by atoms with van der Waals surface area (Å²) in [4.78, 5) is 19.2. The molecule has 0 heterocycles. The Hall–Kier alpha value is 0.0969. The molecule has 2 N–H and O–H groups in total. The van der Waals surface area contributed by atoms with Crippen molar-refractivity contribution in [2.45, 2.75) is 18.9 Å². The van der Waals surface area contributed by atoms with Gasteiger partial charge in [-0.3, -0.25) is 0 Å². The molecule has 3 nitrogen and oxygen atoms in total. The van der Waals surface area contributed by atoms with Crippen molar-refractivity contribution in [3.63, 3.8) is 0 Å². The van der Waals surface area contributed by atoms with E-state index in [0.29, 0.717) is 6.04 Å². The molecule has 0 aromatic rings. The minimum Gasteiger partial charge on any atom is -0.410 e. The van der Waals surface area contributed by atoms with Gasteiger partial charge < -0.3 is 14.5 Å². The Kier molecular flexibility index (Phi) is 5.91. The molecule has 0 aliphatic carbocycles. The summed E-state index contributed by atoms with van der Waals surface area (Å²) in [7, 11) is 2.08. The zero-order chi connectivity index (χ0) is 7.98. The molecule has 61 valence electrons. The van der Waals surface area contributed by atoms with E-state index in [1.165, 1.54) is 0 Å². The molecule has 0 aromatic heterocycles. The molecule has 0 bridgehead atoms. The highest BCUT2D eigenvalue weighted by Crippen LogP contribution is 1.97.